The molecule has 0 radical (unpaired) electrons. The molecule has 1 atom stereocenters. The van der Waals surface area contributed by atoms with E-state index in [1.807, 2.05) is 0 Å². The monoisotopic (exact) mass is 225 g/mol. The lowest BCUT2D eigenvalue weighted by atomic mass is 9.95. The molecule has 0 unspecified atom stereocenters. The highest BCUT2D eigenvalue weighted by Gasteiger charge is 2.45. The second-order valence-corrected chi connectivity index (χ2v) is 4.16. The van der Waals surface area contributed by atoms with E-state index in [1.54, 1.807) is 11.8 Å². The largest absolute Gasteiger partial charge is 0.465 e. The van der Waals surface area contributed by atoms with Gasteiger partial charge in [-0.05, 0) is 19.8 Å². The van der Waals surface area contributed by atoms with Crippen molar-refractivity contribution >= 4 is 17.7 Å². The summed E-state index contributed by atoms with van der Waals surface area (Å²) < 4.78 is 4.76. The standard InChI is InChI=1S/C11H15NO4/c1-2-16-11(15)9-8(13)5-6-12(10(9)14)7-3-4-7/h7,9H,2-6H2,1H3/t9-/m1/s1. The van der Waals surface area contributed by atoms with E-state index in [2.05, 4.69) is 0 Å². The van der Waals surface area contributed by atoms with E-state index in [0.29, 0.717) is 6.54 Å². The van der Waals surface area contributed by atoms with E-state index in [0.717, 1.165) is 12.8 Å². The Balaban J connectivity index is 2.10. The highest BCUT2D eigenvalue weighted by atomic mass is 16.5. The maximum Gasteiger partial charge on any atom is 0.326 e. The normalized spacial score (nSPS) is 25.8. The van der Waals surface area contributed by atoms with Crippen LogP contribution in [0.25, 0.3) is 0 Å². The number of amides is 1. The Morgan fingerprint density at radius 2 is 2.12 bits per heavy atom. The lowest BCUT2D eigenvalue weighted by molar-refractivity contribution is -0.161. The van der Waals surface area contributed by atoms with Crippen LogP contribution < -0.4 is 0 Å². The molecule has 0 aromatic rings. The highest BCUT2D eigenvalue weighted by molar-refractivity contribution is 6.17. The average molecular weight is 225 g/mol. The number of piperidine rings is 1. The van der Waals surface area contributed by atoms with Gasteiger partial charge in [-0.25, -0.2) is 0 Å². The summed E-state index contributed by atoms with van der Waals surface area (Å²) in [5.41, 5.74) is 0. The predicted octanol–water partition coefficient (Wildman–Crippen LogP) is 0.129. The number of nitrogens with zero attached hydrogens (tertiary/aromatic N) is 1. The van der Waals surface area contributed by atoms with Crippen molar-refractivity contribution in [3.05, 3.63) is 0 Å². The summed E-state index contributed by atoms with van der Waals surface area (Å²) in [6.07, 6.45) is 2.23. The molecule has 2 aliphatic rings. The first-order valence-electron chi connectivity index (χ1n) is 5.65. The molecule has 16 heavy (non-hydrogen) atoms. The molecule has 0 aromatic heterocycles. The van der Waals surface area contributed by atoms with Crippen molar-refractivity contribution in [2.24, 2.45) is 5.92 Å². The van der Waals surface area contributed by atoms with Gasteiger partial charge in [-0.15, -0.1) is 0 Å². The zero-order valence-electron chi connectivity index (χ0n) is 9.27. The Morgan fingerprint density at radius 1 is 1.44 bits per heavy atom. The van der Waals surface area contributed by atoms with Crippen LogP contribution in [-0.2, 0) is 19.1 Å². The minimum absolute atomic E-state index is 0.194. The van der Waals surface area contributed by atoms with E-state index in [1.165, 1.54) is 0 Å². The first-order valence-corrected chi connectivity index (χ1v) is 5.65. The maximum atomic E-state index is 11.9. The maximum absolute atomic E-state index is 11.9. The third kappa shape index (κ3) is 1.94. The number of carbonyl (C=O) groups is 3. The van der Waals surface area contributed by atoms with Gasteiger partial charge in [0.25, 0.3) is 0 Å². The van der Waals surface area contributed by atoms with Crippen LogP contribution in [0.5, 0.6) is 0 Å². The Hall–Kier alpha value is -1.39. The molecule has 1 amide bonds. The van der Waals surface area contributed by atoms with Crippen LogP contribution in [0.2, 0.25) is 0 Å². The van der Waals surface area contributed by atoms with Gasteiger partial charge in [-0.3, -0.25) is 14.4 Å². The van der Waals surface area contributed by atoms with Gasteiger partial charge < -0.3 is 9.64 Å². The third-order valence-corrected chi connectivity index (χ3v) is 2.96. The third-order valence-electron chi connectivity index (χ3n) is 2.96. The minimum Gasteiger partial charge on any atom is -0.465 e. The van der Waals surface area contributed by atoms with Crippen LogP contribution in [0, 0.1) is 5.92 Å². The van der Waals surface area contributed by atoms with E-state index in [4.69, 9.17) is 4.74 Å². The molecule has 5 heteroatoms. The molecule has 88 valence electrons. The van der Waals surface area contributed by atoms with Gasteiger partial charge in [0.05, 0.1) is 6.61 Å². The number of likely N-dealkylation sites (tertiary alicyclic amines) is 1. The van der Waals surface area contributed by atoms with Crippen LogP contribution in [0.3, 0.4) is 0 Å². The topological polar surface area (TPSA) is 63.7 Å². The summed E-state index contributed by atoms with van der Waals surface area (Å²) in [6, 6.07) is 0.248. The fraction of sp³-hybridized carbons (Fsp3) is 0.727. The second-order valence-electron chi connectivity index (χ2n) is 4.16. The van der Waals surface area contributed by atoms with Crippen molar-refractivity contribution in [3.8, 4) is 0 Å². The molecule has 5 nitrogen and oxygen atoms in total. The summed E-state index contributed by atoms with van der Waals surface area (Å²) in [6.45, 7) is 2.31. The summed E-state index contributed by atoms with van der Waals surface area (Å²) in [4.78, 5) is 36.7. The molecule has 1 saturated carbocycles. The minimum atomic E-state index is -1.20. The molecule has 2 rings (SSSR count). The fourth-order valence-corrected chi connectivity index (χ4v) is 2.00. The number of esters is 1. The molecule has 2 fully saturated rings. The zero-order chi connectivity index (χ0) is 11.7. The van der Waals surface area contributed by atoms with E-state index < -0.39 is 11.9 Å². The molecule has 1 heterocycles. The summed E-state index contributed by atoms with van der Waals surface area (Å²) >= 11 is 0. The number of carbonyl (C=O) groups excluding carboxylic acids is 3. The van der Waals surface area contributed by atoms with E-state index in [9.17, 15) is 14.4 Å². The Bertz CT molecular complexity index is 335. The van der Waals surface area contributed by atoms with Gasteiger partial charge in [0.1, 0.15) is 0 Å². The predicted molar refractivity (Wildman–Crippen MR) is 54.5 cm³/mol. The molecule has 1 aliphatic heterocycles. The Kier molecular flexibility index (Phi) is 2.94. The highest BCUT2D eigenvalue weighted by Crippen LogP contribution is 2.31. The summed E-state index contributed by atoms with van der Waals surface area (Å²) in [5, 5.41) is 0. The van der Waals surface area contributed by atoms with Crippen molar-refractivity contribution in [2.75, 3.05) is 13.2 Å². The van der Waals surface area contributed by atoms with Crippen molar-refractivity contribution in [1.82, 2.24) is 4.90 Å². The van der Waals surface area contributed by atoms with Crippen LogP contribution in [-0.4, -0.2) is 41.8 Å². The van der Waals surface area contributed by atoms with Crippen LogP contribution in [0.1, 0.15) is 26.2 Å². The molecular weight excluding hydrogens is 210 g/mol. The molecule has 0 aromatic carbocycles. The lowest BCUT2D eigenvalue weighted by Crippen LogP contribution is -2.50. The van der Waals surface area contributed by atoms with E-state index in [-0.39, 0.29) is 30.8 Å². The van der Waals surface area contributed by atoms with Gasteiger partial charge in [-0.2, -0.15) is 0 Å². The summed E-state index contributed by atoms with van der Waals surface area (Å²) in [5.74, 6) is -2.56. The number of rotatable bonds is 3. The number of ketones is 1. The molecule has 0 spiro atoms. The average Bonchev–Trinajstić information content (AvgIpc) is 3.02. The molecule has 1 aliphatic carbocycles. The zero-order valence-corrected chi connectivity index (χ0v) is 9.27. The second kappa shape index (κ2) is 4.23. The van der Waals surface area contributed by atoms with E-state index >= 15 is 0 Å². The molecule has 1 saturated heterocycles. The van der Waals surface area contributed by atoms with Gasteiger partial charge >= 0.3 is 5.97 Å². The van der Waals surface area contributed by atoms with Crippen LogP contribution >= 0.6 is 0 Å². The SMILES string of the molecule is CCOC(=O)[C@@H]1C(=O)CCN(C2CC2)C1=O. The van der Waals surface area contributed by atoms with Crippen molar-refractivity contribution in [1.29, 1.82) is 0 Å². The first kappa shape index (κ1) is 11.1. The quantitative estimate of drug-likeness (QED) is 0.506. The smallest absolute Gasteiger partial charge is 0.326 e. The van der Waals surface area contributed by atoms with Gasteiger partial charge in [0.2, 0.25) is 5.91 Å². The van der Waals surface area contributed by atoms with Crippen molar-refractivity contribution in [2.45, 2.75) is 32.2 Å². The van der Waals surface area contributed by atoms with Crippen LogP contribution in [0.4, 0.5) is 0 Å². The lowest BCUT2D eigenvalue weighted by Gasteiger charge is -2.30. The fourth-order valence-electron chi connectivity index (χ4n) is 2.00. The molecule has 0 bridgehead atoms. The van der Waals surface area contributed by atoms with Crippen LogP contribution in [0.15, 0.2) is 0 Å². The Labute approximate surface area is 93.7 Å². The molecular formula is C11H15NO4. The van der Waals surface area contributed by atoms with Crippen molar-refractivity contribution in [3.63, 3.8) is 0 Å². The Morgan fingerprint density at radius 3 is 2.69 bits per heavy atom. The number of hydrogen-bond acceptors (Lipinski definition) is 4. The number of hydrogen-bond donors (Lipinski definition) is 0. The summed E-state index contributed by atoms with van der Waals surface area (Å²) in [7, 11) is 0. The van der Waals surface area contributed by atoms with Gasteiger partial charge in [-0.1, -0.05) is 0 Å². The number of Topliss-reactive ketones (excluding diaryl/α,β-unsaturated/α-hetero) is 1. The molecule has 0 N–H and O–H groups in total. The van der Waals surface area contributed by atoms with Crippen molar-refractivity contribution < 1.29 is 19.1 Å². The first-order chi connectivity index (χ1) is 7.65. The number of ether oxygens (including phenoxy) is 1. The van der Waals surface area contributed by atoms with Gasteiger partial charge in [0, 0.05) is 19.0 Å². The van der Waals surface area contributed by atoms with Gasteiger partial charge in [0.15, 0.2) is 11.7 Å².